The summed E-state index contributed by atoms with van der Waals surface area (Å²) in [6.07, 6.45) is 3.09. The van der Waals surface area contributed by atoms with Crippen molar-refractivity contribution in [3.05, 3.63) is 0 Å². The summed E-state index contributed by atoms with van der Waals surface area (Å²) in [5.74, 6) is -0.0523. The molecular formula is C18H32N4O5S. The lowest BCUT2D eigenvalue weighted by Gasteiger charge is -2.40. The van der Waals surface area contributed by atoms with Crippen LogP contribution in [0.3, 0.4) is 0 Å². The molecule has 0 aromatic rings. The molecule has 0 spiro atoms. The predicted molar refractivity (Wildman–Crippen MR) is 104 cm³/mol. The third-order valence-corrected chi connectivity index (χ3v) is 7.60. The molecule has 3 aliphatic rings. The van der Waals surface area contributed by atoms with Crippen LogP contribution in [0.15, 0.2) is 0 Å². The Morgan fingerprint density at radius 3 is 2.25 bits per heavy atom. The fraction of sp³-hybridized carbons (Fsp3) is 0.889. The second-order valence-corrected chi connectivity index (χ2v) is 9.92. The van der Waals surface area contributed by atoms with Gasteiger partial charge >= 0.3 is 0 Å². The number of carbonyl (C=O) groups is 2. The summed E-state index contributed by atoms with van der Waals surface area (Å²) in [6, 6.07) is 0. The maximum atomic E-state index is 12.9. The average molecular weight is 417 g/mol. The zero-order chi connectivity index (χ0) is 20.3. The fourth-order valence-electron chi connectivity index (χ4n) is 4.12. The quantitative estimate of drug-likeness (QED) is 0.638. The predicted octanol–water partition coefficient (Wildman–Crippen LogP) is -0.113. The molecule has 3 aliphatic heterocycles. The van der Waals surface area contributed by atoms with Gasteiger partial charge in [0.25, 0.3) is 10.2 Å². The summed E-state index contributed by atoms with van der Waals surface area (Å²) >= 11 is 0. The first-order valence-corrected chi connectivity index (χ1v) is 11.6. The van der Waals surface area contributed by atoms with E-state index in [9.17, 15) is 18.0 Å². The van der Waals surface area contributed by atoms with E-state index in [2.05, 4.69) is 0 Å². The lowest BCUT2D eigenvalue weighted by molar-refractivity contribution is -0.140. The van der Waals surface area contributed by atoms with E-state index in [4.69, 9.17) is 4.74 Å². The van der Waals surface area contributed by atoms with E-state index in [1.807, 2.05) is 13.8 Å². The molecule has 2 amide bonds. The molecule has 0 bridgehead atoms. The van der Waals surface area contributed by atoms with Gasteiger partial charge < -0.3 is 14.5 Å². The van der Waals surface area contributed by atoms with Gasteiger partial charge in [0.2, 0.25) is 11.8 Å². The number of likely N-dealkylation sites (tertiary alicyclic amines) is 1. The van der Waals surface area contributed by atoms with E-state index in [1.54, 1.807) is 9.80 Å². The normalized spacial score (nSPS) is 29.0. The molecule has 3 heterocycles. The highest BCUT2D eigenvalue weighted by atomic mass is 32.2. The van der Waals surface area contributed by atoms with Gasteiger partial charge in [0.05, 0.1) is 18.8 Å². The molecule has 3 fully saturated rings. The second kappa shape index (κ2) is 9.06. The van der Waals surface area contributed by atoms with Crippen LogP contribution in [0.2, 0.25) is 0 Å². The first-order chi connectivity index (χ1) is 13.3. The van der Waals surface area contributed by atoms with Crippen molar-refractivity contribution in [2.24, 2.45) is 0 Å². The molecule has 9 nitrogen and oxygen atoms in total. The van der Waals surface area contributed by atoms with Gasteiger partial charge in [-0.3, -0.25) is 9.59 Å². The van der Waals surface area contributed by atoms with Crippen molar-refractivity contribution < 1.29 is 22.7 Å². The Labute approximate surface area is 167 Å². The maximum absolute atomic E-state index is 12.9. The number of hydrogen-bond acceptors (Lipinski definition) is 5. The molecule has 2 atom stereocenters. The van der Waals surface area contributed by atoms with Crippen LogP contribution in [-0.2, 0) is 24.5 Å². The van der Waals surface area contributed by atoms with Crippen LogP contribution in [0, 0.1) is 0 Å². The first kappa shape index (κ1) is 21.5. The van der Waals surface area contributed by atoms with Crippen molar-refractivity contribution in [3.8, 4) is 0 Å². The maximum Gasteiger partial charge on any atom is 0.282 e. The van der Waals surface area contributed by atoms with Gasteiger partial charge in [-0.05, 0) is 26.7 Å². The third-order valence-electron chi connectivity index (χ3n) is 5.63. The summed E-state index contributed by atoms with van der Waals surface area (Å²) < 4.78 is 34.5. The summed E-state index contributed by atoms with van der Waals surface area (Å²) in [4.78, 5) is 28.0. The minimum atomic E-state index is -3.56. The van der Waals surface area contributed by atoms with Gasteiger partial charge in [0, 0.05) is 52.2 Å². The number of piperazine rings is 1. The molecule has 0 saturated carbocycles. The third kappa shape index (κ3) is 5.03. The van der Waals surface area contributed by atoms with E-state index >= 15 is 0 Å². The van der Waals surface area contributed by atoms with Crippen molar-refractivity contribution in [3.63, 3.8) is 0 Å². The van der Waals surface area contributed by atoms with Gasteiger partial charge in [0.15, 0.2) is 0 Å². The van der Waals surface area contributed by atoms with E-state index < -0.39 is 10.2 Å². The number of ether oxygens (including phenoxy) is 1. The molecular weight excluding hydrogens is 384 g/mol. The fourth-order valence-corrected chi connectivity index (χ4v) is 5.87. The minimum absolute atomic E-state index is 0.0441. The largest absolute Gasteiger partial charge is 0.373 e. The number of amides is 2. The number of rotatable bonds is 4. The van der Waals surface area contributed by atoms with E-state index in [0.29, 0.717) is 39.1 Å². The van der Waals surface area contributed by atoms with E-state index in [-0.39, 0.29) is 43.7 Å². The molecule has 3 rings (SSSR count). The highest BCUT2D eigenvalue weighted by Gasteiger charge is 2.37. The molecule has 0 radical (unpaired) electrons. The first-order valence-electron chi connectivity index (χ1n) is 10.2. The Hall–Kier alpha value is -1.23. The lowest BCUT2D eigenvalue weighted by atomic mass is 10.2. The molecule has 2 unspecified atom stereocenters. The summed E-state index contributed by atoms with van der Waals surface area (Å²) in [7, 11) is -3.56. The van der Waals surface area contributed by atoms with Crippen LogP contribution in [0.5, 0.6) is 0 Å². The van der Waals surface area contributed by atoms with Crippen LogP contribution in [0.25, 0.3) is 0 Å². The standard InChI is InChI=1S/C18H32N4O5S/c1-15-12-22(13-16(2)27-15)28(25,26)21-10-8-19(9-11-21)18(24)14-20-7-5-3-4-6-17(20)23/h15-16H,3-14H2,1-2H3. The minimum Gasteiger partial charge on any atom is -0.373 e. The smallest absolute Gasteiger partial charge is 0.282 e. The van der Waals surface area contributed by atoms with Gasteiger partial charge in [0.1, 0.15) is 0 Å². The van der Waals surface area contributed by atoms with Gasteiger partial charge in [-0.15, -0.1) is 0 Å². The highest BCUT2D eigenvalue weighted by molar-refractivity contribution is 7.86. The average Bonchev–Trinajstić information content (AvgIpc) is 2.85. The molecule has 3 saturated heterocycles. The number of nitrogens with zero attached hydrogens (tertiary/aromatic N) is 4. The number of carbonyl (C=O) groups excluding carboxylic acids is 2. The Kier molecular flexibility index (Phi) is 6.95. The highest BCUT2D eigenvalue weighted by Crippen LogP contribution is 2.19. The van der Waals surface area contributed by atoms with Crippen molar-refractivity contribution in [2.75, 3.05) is 52.4 Å². The molecule has 10 heteroatoms. The van der Waals surface area contributed by atoms with Crippen molar-refractivity contribution in [1.29, 1.82) is 0 Å². The summed E-state index contributed by atoms with van der Waals surface area (Å²) in [6.45, 7) is 6.45. The van der Waals surface area contributed by atoms with Gasteiger partial charge in [-0.1, -0.05) is 6.42 Å². The van der Waals surface area contributed by atoms with Crippen LogP contribution >= 0.6 is 0 Å². The van der Waals surface area contributed by atoms with Crippen LogP contribution in [0.4, 0.5) is 0 Å². The van der Waals surface area contributed by atoms with Crippen molar-refractivity contribution in [1.82, 2.24) is 18.4 Å². The monoisotopic (exact) mass is 416 g/mol. The SMILES string of the molecule is CC1CN(S(=O)(=O)N2CCN(C(=O)CN3CCCCCC3=O)CC2)CC(C)O1. The second-order valence-electron chi connectivity index (χ2n) is 7.99. The Bertz CT molecular complexity index is 667. The molecule has 0 aromatic carbocycles. The van der Waals surface area contributed by atoms with Crippen molar-refractivity contribution in [2.45, 2.75) is 51.7 Å². The number of hydrogen-bond donors (Lipinski definition) is 0. The summed E-state index contributed by atoms with van der Waals surface area (Å²) in [5.41, 5.74) is 0. The lowest BCUT2D eigenvalue weighted by Crippen LogP contribution is -2.58. The zero-order valence-corrected chi connectivity index (χ0v) is 17.7. The molecule has 0 N–H and O–H groups in total. The summed E-state index contributed by atoms with van der Waals surface area (Å²) in [5, 5.41) is 0. The molecule has 28 heavy (non-hydrogen) atoms. The topological polar surface area (TPSA) is 90.5 Å². The molecule has 160 valence electrons. The number of morpholine rings is 1. The Morgan fingerprint density at radius 1 is 0.964 bits per heavy atom. The Morgan fingerprint density at radius 2 is 1.61 bits per heavy atom. The van der Waals surface area contributed by atoms with Crippen LogP contribution in [0.1, 0.15) is 39.5 Å². The molecule has 0 aromatic heterocycles. The molecule has 0 aliphatic carbocycles. The van der Waals surface area contributed by atoms with E-state index in [1.165, 1.54) is 8.61 Å². The Balaban J connectivity index is 1.53. The van der Waals surface area contributed by atoms with Gasteiger partial charge in [-0.2, -0.15) is 17.0 Å². The van der Waals surface area contributed by atoms with Crippen molar-refractivity contribution >= 4 is 22.0 Å². The van der Waals surface area contributed by atoms with Crippen LogP contribution in [-0.4, -0.2) is 103 Å². The van der Waals surface area contributed by atoms with Gasteiger partial charge in [-0.25, -0.2) is 0 Å². The van der Waals surface area contributed by atoms with E-state index in [0.717, 1.165) is 19.3 Å². The zero-order valence-electron chi connectivity index (χ0n) is 16.9. The van der Waals surface area contributed by atoms with Crippen LogP contribution < -0.4 is 0 Å².